The number of para-hydroxylation sites is 1. The minimum absolute atomic E-state index is 0.0371. The lowest BCUT2D eigenvalue weighted by molar-refractivity contribution is -0.116. The second-order valence-electron chi connectivity index (χ2n) is 9.08. The third-order valence-electron chi connectivity index (χ3n) is 6.56. The summed E-state index contributed by atoms with van der Waals surface area (Å²) in [5, 5.41) is 7.17. The number of benzene rings is 2. The van der Waals surface area contributed by atoms with Gasteiger partial charge in [0, 0.05) is 42.4 Å². The van der Waals surface area contributed by atoms with E-state index < -0.39 is 0 Å². The Morgan fingerprint density at radius 2 is 1.83 bits per heavy atom. The van der Waals surface area contributed by atoms with Crippen molar-refractivity contribution in [3.63, 3.8) is 0 Å². The Labute approximate surface area is 217 Å². The third-order valence-corrected chi connectivity index (χ3v) is 6.91. The van der Waals surface area contributed by atoms with Crippen LogP contribution >= 0.6 is 12.2 Å². The lowest BCUT2D eigenvalue weighted by atomic mass is 10.0. The molecule has 1 aliphatic heterocycles. The Morgan fingerprint density at radius 1 is 1.03 bits per heavy atom. The number of aryl methyl sites for hydroxylation is 2. The molecule has 36 heavy (non-hydrogen) atoms. The molecule has 1 amide bonds. The highest BCUT2D eigenvalue weighted by Gasteiger charge is 2.41. The second-order valence-corrected chi connectivity index (χ2v) is 9.46. The first-order valence-corrected chi connectivity index (χ1v) is 12.5. The third kappa shape index (κ3) is 4.88. The summed E-state index contributed by atoms with van der Waals surface area (Å²) >= 11 is 5.79. The zero-order chi connectivity index (χ0) is 25.1. The van der Waals surface area contributed by atoms with Gasteiger partial charge in [-0.2, -0.15) is 0 Å². The molecular weight excluding hydrogens is 466 g/mol. The number of hydrogen-bond donors (Lipinski definition) is 2. The van der Waals surface area contributed by atoms with Crippen LogP contribution in [0.5, 0.6) is 0 Å². The lowest BCUT2D eigenvalue weighted by Gasteiger charge is -2.29. The van der Waals surface area contributed by atoms with E-state index in [1.165, 1.54) is 0 Å². The first-order chi connectivity index (χ1) is 17.5. The van der Waals surface area contributed by atoms with Crippen molar-refractivity contribution in [3.8, 4) is 5.69 Å². The molecule has 182 valence electrons. The molecule has 2 atom stereocenters. The zero-order valence-electron chi connectivity index (χ0n) is 20.4. The van der Waals surface area contributed by atoms with Crippen LogP contribution < -0.4 is 10.6 Å². The van der Waals surface area contributed by atoms with Crippen LogP contribution in [-0.4, -0.2) is 32.0 Å². The summed E-state index contributed by atoms with van der Waals surface area (Å²) in [5.74, 6) is -0.0371. The van der Waals surface area contributed by atoms with Gasteiger partial charge < -0.3 is 20.1 Å². The number of amides is 1. The van der Waals surface area contributed by atoms with E-state index in [0.717, 1.165) is 33.9 Å². The molecule has 0 aliphatic carbocycles. The molecule has 0 saturated carbocycles. The van der Waals surface area contributed by atoms with E-state index in [2.05, 4.69) is 49.5 Å². The van der Waals surface area contributed by atoms with E-state index in [4.69, 9.17) is 12.2 Å². The predicted molar refractivity (Wildman–Crippen MR) is 147 cm³/mol. The van der Waals surface area contributed by atoms with Gasteiger partial charge in [0.15, 0.2) is 5.11 Å². The molecular formula is C29H29N5OS. The summed E-state index contributed by atoms with van der Waals surface area (Å²) in [6.07, 6.45) is 4.17. The van der Waals surface area contributed by atoms with Crippen LogP contribution in [0.4, 0.5) is 5.69 Å². The van der Waals surface area contributed by atoms with Gasteiger partial charge in [0.25, 0.3) is 0 Å². The predicted octanol–water partition coefficient (Wildman–Crippen LogP) is 5.49. The Bertz CT molecular complexity index is 1370. The van der Waals surface area contributed by atoms with Crippen molar-refractivity contribution in [2.24, 2.45) is 0 Å². The van der Waals surface area contributed by atoms with Gasteiger partial charge in [0.2, 0.25) is 5.91 Å². The van der Waals surface area contributed by atoms with Crippen LogP contribution in [0.1, 0.15) is 41.0 Å². The second kappa shape index (κ2) is 10.3. The van der Waals surface area contributed by atoms with Crippen LogP contribution in [0.25, 0.3) is 5.69 Å². The van der Waals surface area contributed by atoms with Crippen molar-refractivity contribution >= 4 is 28.9 Å². The topological polar surface area (TPSA) is 62.2 Å². The lowest BCUT2D eigenvalue weighted by Crippen LogP contribution is -2.33. The maximum absolute atomic E-state index is 13.0. The molecule has 4 aromatic rings. The Kier molecular flexibility index (Phi) is 6.82. The summed E-state index contributed by atoms with van der Waals surface area (Å²) < 4.78 is 2.18. The monoisotopic (exact) mass is 495 g/mol. The molecule has 6 nitrogen and oxygen atoms in total. The number of anilines is 1. The maximum atomic E-state index is 13.0. The smallest absolute Gasteiger partial charge is 0.226 e. The molecule has 0 radical (unpaired) electrons. The molecule has 1 fully saturated rings. The number of carbonyl (C=O) groups excluding carboxylic acids is 1. The first-order valence-electron chi connectivity index (χ1n) is 12.1. The molecule has 0 bridgehead atoms. The molecule has 2 N–H and O–H groups in total. The van der Waals surface area contributed by atoms with Crippen LogP contribution in [0, 0.1) is 13.8 Å². The van der Waals surface area contributed by atoms with Gasteiger partial charge in [0.1, 0.15) is 0 Å². The fraction of sp³-hybridized carbons (Fsp3) is 0.207. The van der Waals surface area contributed by atoms with Crippen LogP contribution in [0.2, 0.25) is 0 Å². The number of nitrogens with one attached hydrogen (secondary N) is 2. The van der Waals surface area contributed by atoms with Crippen molar-refractivity contribution in [3.05, 3.63) is 114 Å². The largest absolute Gasteiger partial charge is 0.352 e. The summed E-state index contributed by atoms with van der Waals surface area (Å²) in [6.45, 7) is 4.50. The standard InChI is InChI=1S/C29H29N5OS/c1-20-13-14-21(2)24(19-20)31-26(35)15-18-34-28(27(32-29(34)36)23-11-6-7-16-30-23)25-12-8-17-33(25)22-9-4-3-5-10-22/h3-14,16-17,19,27-28H,15,18H2,1-2H3,(H,31,35)(H,32,36)/t27-,28+/m0/s1. The highest BCUT2D eigenvalue weighted by Crippen LogP contribution is 2.39. The molecule has 2 aromatic carbocycles. The van der Waals surface area contributed by atoms with Crippen molar-refractivity contribution in [2.45, 2.75) is 32.4 Å². The Hall–Kier alpha value is -3.97. The van der Waals surface area contributed by atoms with E-state index >= 15 is 0 Å². The van der Waals surface area contributed by atoms with Crippen LogP contribution in [0.15, 0.2) is 91.3 Å². The van der Waals surface area contributed by atoms with E-state index in [9.17, 15) is 4.79 Å². The van der Waals surface area contributed by atoms with Gasteiger partial charge in [-0.1, -0.05) is 36.4 Å². The number of aromatic nitrogens is 2. The average Bonchev–Trinajstić information content (AvgIpc) is 3.50. The summed E-state index contributed by atoms with van der Waals surface area (Å²) in [7, 11) is 0. The molecule has 1 saturated heterocycles. The number of pyridine rings is 1. The molecule has 0 spiro atoms. The van der Waals surface area contributed by atoms with Crippen molar-refractivity contribution in [1.82, 2.24) is 19.8 Å². The maximum Gasteiger partial charge on any atom is 0.226 e. The van der Waals surface area contributed by atoms with Gasteiger partial charge >= 0.3 is 0 Å². The fourth-order valence-electron chi connectivity index (χ4n) is 4.73. The number of rotatable bonds is 7. The highest BCUT2D eigenvalue weighted by atomic mass is 32.1. The number of carbonyl (C=O) groups is 1. The van der Waals surface area contributed by atoms with Crippen molar-refractivity contribution < 1.29 is 4.79 Å². The Morgan fingerprint density at radius 3 is 2.61 bits per heavy atom. The highest BCUT2D eigenvalue weighted by molar-refractivity contribution is 7.80. The number of nitrogens with zero attached hydrogens (tertiary/aromatic N) is 3. The number of hydrogen-bond acceptors (Lipinski definition) is 3. The SMILES string of the molecule is Cc1ccc(C)c(NC(=O)CCN2C(=S)N[C@@H](c3ccccn3)[C@H]2c2cccn2-c2ccccc2)c1. The first kappa shape index (κ1) is 23.8. The van der Waals surface area contributed by atoms with E-state index in [1.54, 1.807) is 6.20 Å². The normalized spacial score (nSPS) is 17.2. The molecule has 3 heterocycles. The molecule has 7 heteroatoms. The summed E-state index contributed by atoms with van der Waals surface area (Å²) in [4.78, 5) is 19.7. The van der Waals surface area contributed by atoms with Gasteiger partial charge in [-0.3, -0.25) is 9.78 Å². The average molecular weight is 496 g/mol. The van der Waals surface area contributed by atoms with Crippen molar-refractivity contribution in [2.75, 3.05) is 11.9 Å². The van der Waals surface area contributed by atoms with Crippen LogP contribution in [-0.2, 0) is 4.79 Å². The number of thiocarbonyl (C=S) groups is 1. The summed E-state index contributed by atoms with van der Waals surface area (Å²) in [5.41, 5.74) is 6.07. The minimum Gasteiger partial charge on any atom is -0.352 e. The molecule has 0 unspecified atom stereocenters. The van der Waals surface area contributed by atoms with E-state index in [0.29, 0.717) is 18.1 Å². The quantitative estimate of drug-likeness (QED) is 0.332. The van der Waals surface area contributed by atoms with Crippen molar-refractivity contribution in [1.29, 1.82) is 0 Å². The van der Waals surface area contributed by atoms with Crippen LogP contribution in [0.3, 0.4) is 0 Å². The Balaban J connectivity index is 1.43. The molecule has 1 aliphatic rings. The minimum atomic E-state index is -0.141. The van der Waals surface area contributed by atoms with Gasteiger partial charge in [-0.25, -0.2) is 0 Å². The van der Waals surface area contributed by atoms with E-state index in [1.807, 2.05) is 74.5 Å². The van der Waals surface area contributed by atoms with Gasteiger partial charge in [-0.15, -0.1) is 0 Å². The fourth-order valence-corrected chi connectivity index (χ4v) is 5.06. The summed E-state index contributed by atoms with van der Waals surface area (Å²) in [6, 6.07) is 26.1. The van der Waals surface area contributed by atoms with E-state index in [-0.39, 0.29) is 18.0 Å². The molecule has 5 rings (SSSR count). The van der Waals surface area contributed by atoms with Gasteiger partial charge in [-0.05, 0) is 79.7 Å². The molecule has 2 aromatic heterocycles. The zero-order valence-corrected chi connectivity index (χ0v) is 21.2. The van der Waals surface area contributed by atoms with Gasteiger partial charge in [0.05, 0.1) is 17.8 Å².